The molecule has 1 fully saturated rings. The number of rotatable bonds is 6. The lowest BCUT2D eigenvalue weighted by atomic mass is 9.84. The topological polar surface area (TPSA) is 20.3 Å². The van der Waals surface area contributed by atoms with E-state index in [0.717, 1.165) is 29.0 Å². The molecule has 0 unspecified atom stereocenters. The van der Waals surface area contributed by atoms with Gasteiger partial charge in [-0.05, 0) is 29.9 Å². The maximum absolute atomic E-state index is 12.7. The first-order valence-electron chi connectivity index (χ1n) is 8.85. The molecule has 1 aliphatic heterocycles. The van der Waals surface area contributed by atoms with Gasteiger partial charge in [0, 0.05) is 11.6 Å². The van der Waals surface area contributed by atoms with Crippen molar-refractivity contribution in [2.75, 3.05) is 0 Å². The molecule has 0 aromatic heterocycles. The van der Waals surface area contributed by atoms with Crippen molar-refractivity contribution in [3.05, 3.63) is 82.4 Å². The van der Waals surface area contributed by atoms with E-state index in [4.69, 9.17) is 11.6 Å². The molecule has 0 spiro atoms. The number of hydrogen-bond acceptors (Lipinski definition) is 1. The highest BCUT2D eigenvalue weighted by Gasteiger charge is 2.44. The molecule has 1 aliphatic rings. The fraction of sp³-hybridized carbons (Fsp3) is 0.318. The summed E-state index contributed by atoms with van der Waals surface area (Å²) in [5.74, 6) is 0.433. The standard InChI is InChI=1S/C22H24ClNO/c1-16(2)21-20(19(23)14-13-17-9-5-3-6-10-17)22(25)24(21)15-18-11-7-4-8-12-18/h3-12,16,21H,13-15H2,1-2H3/b20-19+/t21-/m1/s1. The number of likely N-dealkylation sites (tertiary alicyclic amines) is 1. The fourth-order valence-corrected chi connectivity index (χ4v) is 3.74. The Morgan fingerprint density at radius 3 is 2.12 bits per heavy atom. The summed E-state index contributed by atoms with van der Waals surface area (Å²) in [6, 6.07) is 20.5. The zero-order valence-corrected chi connectivity index (χ0v) is 15.5. The summed E-state index contributed by atoms with van der Waals surface area (Å²) in [6.45, 7) is 4.95. The van der Waals surface area contributed by atoms with Gasteiger partial charge in [-0.3, -0.25) is 4.79 Å². The predicted octanol–water partition coefficient (Wildman–Crippen LogP) is 5.18. The van der Waals surface area contributed by atoms with Crippen LogP contribution in [0.1, 0.15) is 31.4 Å². The number of aryl methyl sites for hydroxylation is 1. The molecule has 1 heterocycles. The van der Waals surface area contributed by atoms with Crippen molar-refractivity contribution in [2.45, 2.75) is 39.3 Å². The van der Waals surface area contributed by atoms with Gasteiger partial charge in [-0.25, -0.2) is 0 Å². The van der Waals surface area contributed by atoms with Crippen LogP contribution in [0.15, 0.2) is 71.3 Å². The SMILES string of the molecule is CC(C)[C@@H]1/C(=C(\Cl)CCc2ccccc2)C(=O)N1Cc1ccccc1. The van der Waals surface area contributed by atoms with E-state index in [1.807, 2.05) is 41.3 Å². The van der Waals surface area contributed by atoms with Gasteiger partial charge in [0.1, 0.15) is 0 Å². The number of carbonyl (C=O) groups excluding carboxylic acids is 1. The minimum Gasteiger partial charge on any atom is -0.327 e. The number of nitrogens with zero attached hydrogens (tertiary/aromatic N) is 1. The summed E-state index contributed by atoms with van der Waals surface area (Å²) in [5.41, 5.74) is 3.21. The Morgan fingerprint density at radius 2 is 1.56 bits per heavy atom. The van der Waals surface area contributed by atoms with Gasteiger partial charge >= 0.3 is 0 Å². The lowest BCUT2D eigenvalue weighted by molar-refractivity contribution is -0.139. The average Bonchev–Trinajstić information content (AvgIpc) is 2.63. The monoisotopic (exact) mass is 353 g/mol. The van der Waals surface area contributed by atoms with Crippen LogP contribution in [-0.2, 0) is 17.8 Å². The minimum atomic E-state index is 0.0839. The van der Waals surface area contributed by atoms with Crippen molar-refractivity contribution >= 4 is 17.5 Å². The highest BCUT2D eigenvalue weighted by molar-refractivity contribution is 6.32. The smallest absolute Gasteiger partial charge is 0.253 e. The third-order valence-electron chi connectivity index (χ3n) is 4.72. The molecule has 1 amide bonds. The minimum absolute atomic E-state index is 0.0839. The van der Waals surface area contributed by atoms with Crippen LogP contribution in [0.25, 0.3) is 0 Å². The van der Waals surface area contributed by atoms with E-state index in [-0.39, 0.29) is 11.9 Å². The van der Waals surface area contributed by atoms with E-state index < -0.39 is 0 Å². The third-order valence-corrected chi connectivity index (χ3v) is 5.11. The molecular formula is C22H24ClNO. The first-order chi connectivity index (χ1) is 12.1. The van der Waals surface area contributed by atoms with Crippen LogP contribution in [0.4, 0.5) is 0 Å². The number of amides is 1. The maximum Gasteiger partial charge on any atom is 0.253 e. The number of benzene rings is 2. The Kier molecular flexibility index (Phi) is 5.60. The van der Waals surface area contributed by atoms with Crippen LogP contribution < -0.4 is 0 Å². The van der Waals surface area contributed by atoms with Gasteiger partial charge in [-0.15, -0.1) is 0 Å². The molecular weight excluding hydrogens is 330 g/mol. The average molecular weight is 354 g/mol. The molecule has 0 aliphatic carbocycles. The molecule has 2 nitrogen and oxygen atoms in total. The molecule has 0 radical (unpaired) electrons. The normalized spacial score (nSPS) is 19.1. The molecule has 0 bridgehead atoms. The molecule has 3 heteroatoms. The van der Waals surface area contributed by atoms with Crippen molar-refractivity contribution in [1.82, 2.24) is 4.90 Å². The van der Waals surface area contributed by atoms with Gasteiger partial charge in [-0.1, -0.05) is 86.1 Å². The fourth-order valence-electron chi connectivity index (χ4n) is 3.45. The van der Waals surface area contributed by atoms with E-state index in [9.17, 15) is 4.79 Å². The number of β-lactam (4-membered cyclic amide) rings is 1. The highest BCUT2D eigenvalue weighted by atomic mass is 35.5. The van der Waals surface area contributed by atoms with Crippen LogP contribution in [0.3, 0.4) is 0 Å². The Bertz CT molecular complexity index is 752. The second kappa shape index (κ2) is 7.88. The van der Waals surface area contributed by atoms with Gasteiger partial charge in [0.05, 0.1) is 11.6 Å². The summed E-state index contributed by atoms with van der Waals surface area (Å²) in [7, 11) is 0. The Balaban J connectivity index is 1.73. The number of carbonyl (C=O) groups is 1. The van der Waals surface area contributed by atoms with Gasteiger partial charge in [0.15, 0.2) is 0 Å². The zero-order valence-electron chi connectivity index (χ0n) is 14.8. The van der Waals surface area contributed by atoms with Gasteiger partial charge < -0.3 is 4.90 Å². The van der Waals surface area contributed by atoms with Crippen LogP contribution in [0, 0.1) is 5.92 Å². The Labute approximate surface area is 155 Å². The van der Waals surface area contributed by atoms with E-state index in [0.29, 0.717) is 12.5 Å². The largest absolute Gasteiger partial charge is 0.327 e. The second-order valence-corrected chi connectivity index (χ2v) is 7.37. The van der Waals surface area contributed by atoms with Crippen LogP contribution >= 0.6 is 11.6 Å². The summed E-state index contributed by atoms with van der Waals surface area (Å²) < 4.78 is 0. The number of allylic oxidation sites excluding steroid dienone is 1. The van der Waals surface area contributed by atoms with Crippen molar-refractivity contribution < 1.29 is 4.79 Å². The molecule has 0 N–H and O–H groups in total. The van der Waals surface area contributed by atoms with Crippen molar-refractivity contribution in [3.8, 4) is 0 Å². The predicted molar refractivity (Wildman–Crippen MR) is 103 cm³/mol. The van der Waals surface area contributed by atoms with E-state index in [1.165, 1.54) is 5.56 Å². The van der Waals surface area contributed by atoms with Crippen LogP contribution in [0.2, 0.25) is 0 Å². The summed E-state index contributed by atoms with van der Waals surface area (Å²) in [4.78, 5) is 14.7. The van der Waals surface area contributed by atoms with Crippen LogP contribution in [-0.4, -0.2) is 16.8 Å². The highest BCUT2D eigenvalue weighted by Crippen LogP contribution is 2.37. The van der Waals surface area contributed by atoms with Gasteiger partial charge in [0.2, 0.25) is 0 Å². The molecule has 0 saturated carbocycles. The molecule has 130 valence electrons. The van der Waals surface area contributed by atoms with Crippen molar-refractivity contribution in [1.29, 1.82) is 0 Å². The van der Waals surface area contributed by atoms with Gasteiger partial charge in [0.25, 0.3) is 5.91 Å². The summed E-state index contributed by atoms with van der Waals surface area (Å²) in [6.07, 6.45) is 1.58. The molecule has 3 rings (SSSR count). The molecule has 1 saturated heterocycles. The van der Waals surface area contributed by atoms with E-state index in [1.54, 1.807) is 0 Å². The zero-order chi connectivity index (χ0) is 17.8. The van der Waals surface area contributed by atoms with E-state index in [2.05, 4.69) is 38.1 Å². The maximum atomic E-state index is 12.7. The van der Waals surface area contributed by atoms with Crippen molar-refractivity contribution in [3.63, 3.8) is 0 Å². The number of halogens is 1. The molecule has 25 heavy (non-hydrogen) atoms. The first-order valence-corrected chi connectivity index (χ1v) is 9.23. The lowest BCUT2D eigenvalue weighted by Crippen LogP contribution is -2.57. The van der Waals surface area contributed by atoms with Crippen molar-refractivity contribution in [2.24, 2.45) is 5.92 Å². The summed E-state index contributed by atoms with van der Waals surface area (Å²) >= 11 is 6.57. The molecule has 1 atom stereocenters. The van der Waals surface area contributed by atoms with Gasteiger partial charge in [-0.2, -0.15) is 0 Å². The van der Waals surface area contributed by atoms with E-state index >= 15 is 0 Å². The summed E-state index contributed by atoms with van der Waals surface area (Å²) in [5, 5.41) is 0.719. The third kappa shape index (κ3) is 3.96. The molecule has 2 aromatic rings. The quantitative estimate of drug-likeness (QED) is 0.517. The first kappa shape index (κ1) is 17.8. The Hall–Kier alpha value is -2.06. The lowest BCUT2D eigenvalue weighted by Gasteiger charge is -2.46. The van der Waals surface area contributed by atoms with Crippen LogP contribution in [0.5, 0.6) is 0 Å². The second-order valence-electron chi connectivity index (χ2n) is 6.91. The Morgan fingerprint density at radius 1 is 1.00 bits per heavy atom. The number of hydrogen-bond donors (Lipinski definition) is 0. The molecule has 2 aromatic carbocycles.